The first kappa shape index (κ1) is 36.3. The van der Waals surface area contributed by atoms with Gasteiger partial charge in [-0.25, -0.2) is 0 Å². The molecule has 0 saturated carbocycles. The Hall–Kier alpha value is -5.04. The summed E-state index contributed by atoms with van der Waals surface area (Å²) < 4.78 is 62.3. The van der Waals surface area contributed by atoms with Crippen molar-refractivity contribution in [2.45, 2.75) is 51.6 Å². The number of carbonyl (C=O) groups excluding carboxylic acids is 1. The molecule has 53 heavy (non-hydrogen) atoms. The second-order valence-corrected chi connectivity index (χ2v) is 15.2. The Kier molecular flexibility index (Phi) is 9.88. The van der Waals surface area contributed by atoms with E-state index in [0.717, 1.165) is 34.1 Å². The summed E-state index contributed by atoms with van der Waals surface area (Å²) in [6.07, 6.45) is 3.29. The summed E-state index contributed by atoms with van der Waals surface area (Å²) in [5.74, 6) is 1.85. The Balaban J connectivity index is 1.47. The van der Waals surface area contributed by atoms with E-state index in [2.05, 4.69) is 11.0 Å². The molecule has 11 nitrogen and oxygen atoms in total. The van der Waals surface area contributed by atoms with Crippen LogP contribution in [-0.2, 0) is 39.3 Å². The minimum absolute atomic E-state index is 0.0659. The van der Waals surface area contributed by atoms with Crippen LogP contribution in [0.5, 0.6) is 28.7 Å². The van der Waals surface area contributed by atoms with Crippen LogP contribution in [0.2, 0.25) is 0 Å². The van der Waals surface area contributed by atoms with E-state index in [9.17, 15) is 13.2 Å². The van der Waals surface area contributed by atoms with Crippen molar-refractivity contribution >= 4 is 22.1 Å². The van der Waals surface area contributed by atoms with Crippen LogP contribution in [0.4, 0.5) is 0 Å². The smallest absolute Gasteiger partial charge is 0.306 e. The molecule has 4 aromatic rings. The average molecular weight is 741 g/mol. The van der Waals surface area contributed by atoms with E-state index in [1.54, 1.807) is 18.9 Å². The Morgan fingerprint density at radius 1 is 0.792 bits per heavy atom. The maximum absolute atomic E-state index is 14.9. The number of amides is 1. The number of aryl methyl sites for hydroxylation is 1. The van der Waals surface area contributed by atoms with Gasteiger partial charge in [0.25, 0.3) is 0 Å². The lowest BCUT2D eigenvalue weighted by Crippen LogP contribution is -2.60. The average Bonchev–Trinajstić information content (AvgIpc) is 3.14. The summed E-state index contributed by atoms with van der Waals surface area (Å²) >= 11 is 0. The molecule has 7 rings (SSSR count). The van der Waals surface area contributed by atoms with E-state index >= 15 is 0 Å². The van der Waals surface area contributed by atoms with Gasteiger partial charge in [-0.05, 0) is 55.6 Å². The van der Waals surface area contributed by atoms with Crippen molar-refractivity contribution in [3.05, 3.63) is 117 Å². The summed E-state index contributed by atoms with van der Waals surface area (Å²) in [5, 5.41) is 0. The van der Waals surface area contributed by atoms with Crippen LogP contribution in [-0.4, -0.2) is 71.4 Å². The molecule has 1 amide bonds. The van der Waals surface area contributed by atoms with Crippen LogP contribution in [0.15, 0.2) is 72.4 Å². The first-order chi connectivity index (χ1) is 25.5. The number of benzene rings is 4. The van der Waals surface area contributed by atoms with E-state index < -0.39 is 28.2 Å². The highest BCUT2D eigenvalue weighted by atomic mass is 32.2. The van der Waals surface area contributed by atoms with Crippen molar-refractivity contribution in [1.29, 1.82) is 0 Å². The van der Waals surface area contributed by atoms with Crippen molar-refractivity contribution in [1.82, 2.24) is 9.80 Å². The Morgan fingerprint density at radius 2 is 1.42 bits per heavy atom. The van der Waals surface area contributed by atoms with Crippen molar-refractivity contribution in [3.63, 3.8) is 0 Å². The van der Waals surface area contributed by atoms with Crippen molar-refractivity contribution in [2.24, 2.45) is 0 Å². The van der Waals surface area contributed by atoms with Gasteiger partial charge in [0.2, 0.25) is 5.91 Å². The van der Waals surface area contributed by atoms with Gasteiger partial charge in [0.1, 0.15) is 6.61 Å². The fourth-order valence-corrected chi connectivity index (χ4v) is 8.54. The molecule has 0 spiro atoms. The maximum Gasteiger partial charge on any atom is 0.306 e. The van der Waals surface area contributed by atoms with Gasteiger partial charge in [-0.2, -0.15) is 8.42 Å². The molecule has 3 heterocycles. The normalized spacial score (nSPS) is 19.1. The Labute approximate surface area is 310 Å². The molecule has 2 bridgehead atoms. The third-order valence-electron chi connectivity index (χ3n) is 10.3. The third kappa shape index (κ3) is 6.49. The lowest BCUT2D eigenvalue weighted by Gasteiger charge is -2.53. The summed E-state index contributed by atoms with van der Waals surface area (Å²) in [5.41, 5.74) is 6.76. The van der Waals surface area contributed by atoms with Crippen molar-refractivity contribution in [2.75, 3.05) is 41.2 Å². The highest BCUT2D eigenvalue weighted by molar-refractivity contribution is 7.86. The van der Waals surface area contributed by atoms with Crippen LogP contribution < -0.4 is 23.1 Å². The van der Waals surface area contributed by atoms with Gasteiger partial charge in [0.05, 0.1) is 58.9 Å². The number of nitrogens with zero attached hydrogens (tertiary/aromatic N) is 2. The molecule has 0 unspecified atom stereocenters. The predicted molar refractivity (Wildman–Crippen MR) is 200 cm³/mol. The van der Waals surface area contributed by atoms with Crippen molar-refractivity contribution in [3.8, 4) is 28.7 Å². The number of fused-ring (bicyclic) bond motifs is 7. The van der Waals surface area contributed by atoms with Crippen LogP contribution in [0.3, 0.4) is 0 Å². The lowest BCUT2D eigenvalue weighted by molar-refractivity contribution is -0.145. The molecule has 4 aromatic carbocycles. The fourth-order valence-electron chi connectivity index (χ4n) is 8.02. The molecule has 1 saturated heterocycles. The minimum atomic E-state index is -4.00. The van der Waals surface area contributed by atoms with E-state index in [1.165, 1.54) is 14.2 Å². The highest BCUT2D eigenvalue weighted by Gasteiger charge is 2.53. The van der Waals surface area contributed by atoms with Gasteiger partial charge in [0.15, 0.2) is 28.7 Å². The first-order valence-electron chi connectivity index (χ1n) is 17.4. The van der Waals surface area contributed by atoms with Gasteiger partial charge in [-0.15, -0.1) is 0 Å². The predicted octanol–water partition coefficient (Wildman–Crippen LogP) is 6.30. The molecule has 12 heteroatoms. The number of hydrogen-bond acceptors (Lipinski definition) is 10. The SMILES string of the molecule is COc1c(C)cc2c(c1OCc1ccccc1)[C@@H]1C3=Cc4c(OS(C)(=O)=O)c(C)c(OC)c(OC)c4[C@H](COCc4ccccc4)N3C(=O)[C@H](C2)N1C. The molecule has 3 atom stereocenters. The zero-order chi connectivity index (χ0) is 37.6. The van der Waals surface area contributed by atoms with Crippen LogP contribution >= 0.6 is 0 Å². The molecular formula is C41H44N2O9S. The van der Waals surface area contributed by atoms with Crippen LogP contribution in [0, 0.1) is 13.8 Å². The number of rotatable bonds is 12. The largest absolute Gasteiger partial charge is 0.493 e. The molecule has 0 N–H and O–H groups in total. The third-order valence-corrected chi connectivity index (χ3v) is 10.7. The van der Waals surface area contributed by atoms with Crippen LogP contribution in [0.25, 0.3) is 6.08 Å². The van der Waals surface area contributed by atoms with Gasteiger partial charge >= 0.3 is 10.1 Å². The second-order valence-electron chi connectivity index (χ2n) is 13.6. The van der Waals surface area contributed by atoms with E-state index in [-0.39, 0.29) is 24.9 Å². The highest BCUT2D eigenvalue weighted by Crippen LogP contribution is 2.58. The summed E-state index contributed by atoms with van der Waals surface area (Å²) in [4.78, 5) is 18.8. The Morgan fingerprint density at radius 3 is 2.02 bits per heavy atom. The number of carbonyl (C=O) groups is 1. The number of hydrogen-bond donors (Lipinski definition) is 0. The van der Waals surface area contributed by atoms with Gasteiger partial charge in [-0.3, -0.25) is 9.69 Å². The minimum Gasteiger partial charge on any atom is -0.493 e. The standard InChI is InChI=1S/C41H44N2O9S/c1-24-18-28-19-31-41(44)43-30(35(42(31)3)33(28)40(36(24)47-4)51-22-27-16-12-9-13-17-27)20-29-34(32(43)23-50-21-26-14-10-8-11-15-26)39(49-6)38(48-5)25(2)37(29)52-53(7,45)46/h8-18,20,31-32,35H,19,21-23H2,1-7H3/t31-,32-,35-/m0/s1. The maximum atomic E-state index is 14.9. The lowest BCUT2D eigenvalue weighted by atomic mass is 9.78. The summed E-state index contributed by atoms with van der Waals surface area (Å²) in [6, 6.07) is 20.0. The van der Waals surface area contributed by atoms with Gasteiger partial charge < -0.3 is 32.8 Å². The quantitative estimate of drug-likeness (QED) is 0.154. The molecule has 3 aliphatic rings. The monoisotopic (exact) mass is 740 g/mol. The first-order valence-corrected chi connectivity index (χ1v) is 19.2. The van der Waals surface area contributed by atoms with E-state index in [4.69, 9.17) is 27.9 Å². The topological polar surface area (TPSA) is 113 Å². The van der Waals surface area contributed by atoms with Gasteiger partial charge in [0, 0.05) is 28.0 Å². The van der Waals surface area contributed by atoms with Crippen molar-refractivity contribution < 1.29 is 41.1 Å². The zero-order valence-electron chi connectivity index (χ0n) is 31.0. The Bertz CT molecular complexity index is 2190. The fraction of sp³-hybridized carbons (Fsp3) is 0.341. The second kappa shape index (κ2) is 14.4. The summed E-state index contributed by atoms with van der Waals surface area (Å²) in [7, 11) is 2.57. The number of ether oxygens (including phenoxy) is 5. The molecule has 278 valence electrons. The molecule has 0 aromatic heterocycles. The molecule has 0 aliphatic carbocycles. The summed E-state index contributed by atoms with van der Waals surface area (Å²) in [6.45, 7) is 4.35. The number of piperazine rings is 1. The number of methoxy groups -OCH3 is 3. The van der Waals surface area contributed by atoms with E-state index in [1.807, 2.05) is 80.7 Å². The number of likely N-dealkylation sites (N-methyl/N-ethyl adjacent to an activating group) is 1. The molecule has 0 radical (unpaired) electrons. The molecule has 1 fully saturated rings. The van der Waals surface area contributed by atoms with Gasteiger partial charge in [-0.1, -0.05) is 66.7 Å². The molecular weight excluding hydrogens is 697 g/mol. The molecule has 3 aliphatic heterocycles. The van der Waals surface area contributed by atoms with E-state index in [0.29, 0.717) is 58.4 Å². The zero-order valence-corrected chi connectivity index (χ0v) is 31.8. The van der Waals surface area contributed by atoms with Crippen LogP contribution in [0.1, 0.15) is 56.6 Å².